The van der Waals surface area contributed by atoms with Gasteiger partial charge < -0.3 is 4.74 Å². The van der Waals surface area contributed by atoms with E-state index < -0.39 is 10.0 Å². The van der Waals surface area contributed by atoms with E-state index in [1.807, 2.05) is 22.6 Å². The SMILES string of the molecule is COc1ccc(Cl)c(I)c1S(N)(=O)=O. The number of rotatable bonds is 2. The van der Waals surface area contributed by atoms with E-state index in [4.69, 9.17) is 21.5 Å². The lowest BCUT2D eigenvalue weighted by molar-refractivity contribution is 0.402. The van der Waals surface area contributed by atoms with Crippen LogP contribution in [0.15, 0.2) is 17.0 Å². The molecule has 78 valence electrons. The number of benzene rings is 1. The Kier molecular flexibility index (Phi) is 3.62. The molecule has 0 saturated heterocycles. The lowest BCUT2D eigenvalue weighted by atomic mass is 10.3. The van der Waals surface area contributed by atoms with Crippen molar-refractivity contribution in [2.24, 2.45) is 5.14 Å². The Morgan fingerprint density at radius 2 is 2.07 bits per heavy atom. The summed E-state index contributed by atoms with van der Waals surface area (Å²) in [6.07, 6.45) is 0. The van der Waals surface area contributed by atoms with Gasteiger partial charge in [0.05, 0.1) is 15.7 Å². The van der Waals surface area contributed by atoms with E-state index in [0.29, 0.717) is 8.59 Å². The van der Waals surface area contributed by atoms with Crippen LogP contribution in [0.2, 0.25) is 5.02 Å². The molecule has 1 aromatic rings. The van der Waals surface area contributed by atoms with Crippen molar-refractivity contribution >= 4 is 44.2 Å². The number of ether oxygens (including phenoxy) is 1. The summed E-state index contributed by atoms with van der Waals surface area (Å²) in [7, 11) is -2.45. The van der Waals surface area contributed by atoms with Gasteiger partial charge in [-0.2, -0.15) is 0 Å². The first-order valence-electron chi connectivity index (χ1n) is 3.42. The minimum absolute atomic E-state index is 0.0758. The molecule has 0 unspecified atom stereocenters. The van der Waals surface area contributed by atoms with Gasteiger partial charge in [-0.3, -0.25) is 0 Å². The maximum atomic E-state index is 11.2. The summed E-state index contributed by atoms with van der Waals surface area (Å²) >= 11 is 7.57. The molecule has 0 aliphatic heterocycles. The lowest BCUT2D eigenvalue weighted by Gasteiger charge is -2.09. The molecule has 1 rings (SSSR count). The van der Waals surface area contributed by atoms with E-state index in [1.165, 1.54) is 13.2 Å². The summed E-state index contributed by atoms with van der Waals surface area (Å²) in [5, 5.41) is 5.36. The fraction of sp³-hybridized carbons (Fsp3) is 0.143. The van der Waals surface area contributed by atoms with Crippen LogP contribution in [0.5, 0.6) is 5.75 Å². The van der Waals surface area contributed by atoms with E-state index in [0.717, 1.165) is 0 Å². The predicted molar refractivity (Wildman–Crippen MR) is 62.1 cm³/mol. The van der Waals surface area contributed by atoms with Crippen LogP contribution in [0.4, 0.5) is 0 Å². The van der Waals surface area contributed by atoms with Crippen LogP contribution in [-0.2, 0) is 10.0 Å². The van der Waals surface area contributed by atoms with E-state index >= 15 is 0 Å². The van der Waals surface area contributed by atoms with Gasteiger partial charge in [0.1, 0.15) is 10.6 Å². The molecule has 1 aromatic carbocycles. The van der Waals surface area contributed by atoms with Crippen molar-refractivity contribution in [2.45, 2.75) is 4.90 Å². The van der Waals surface area contributed by atoms with Crippen LogP contribution in [0, 0.1) is 3.57 Å². The zero-order chi connectivity index (χ0) is 10.9. The van der Waals surface area contributed by atoms with Crippen molar-refractivity contribution in [3.8, 4) is 5.75 Å². The van der Waals surface area contributed by atoms with Crippen LogP contribution < -0.4 is 9.88 Å². The van der Waals surface area contributed by atoms with E-state index in [2.05, 4.69) is 0 Å². The molecule has 0 spiro atoms. The summed E-state index contributed by atoms with van der Waals surface area (Å²) in [5.74, 6) is 0.196. The van der Waals surface area contributed by atoms with Gasteiger partial charge in [0.2, 0.25) is 10.0 Å². The van der Waals surface area contributed by atoms with Gasteiger partial charge in [-0.25, -0.2) is 13.6 Å². The van der Waals surface area contributed by atoms with Crippen molar-refractivity contribution in [2.75, 3.05) is 7.11 Å². The summed E-state index contributed by atoms with van der Waals surface area (Å²) < 4.78 is 27.7. The minimum atomic E-state index is -3.82. The molecule has 0 aromatic heterocycles. The normalized spacial score (nSPS) is 11.4. The van der Waals surface area contributed by atoms with Crippen molar-refractivity contribution in [1.82, 2.24) is 0 Å². The van der Waals surface area contributed by atoms with Gasteiger partial charge in [0, 0.05) is 0 Å². The Bertz CT molecular complexity index is 460. The molecular formula is C7H7ClINO3S. The van der Waals surface area contributed by atoms with E-state index in [9.17, 15) is 8.42 Å². The monoisotopic (exact) mass is 347 g/mol. The zero-order valence-corrected chi connectivity index (χ0v) is 10.9. The van der Waals surface area contributed by atoms with Crippen molar-refractivity contribution in [3.63, 3.8) is 0 Å². The zero-order valence-electron chi connectivity index (χ0n) is 7.12. The molecule has 0 fully saturated rings. The Morgan fingerprint density at radius 1 is 1.50 bits per heavy atom. The second-order valence-electron chi connectivity index (χ2n) is 2.44. The van der Waals surface area contributed by atoms with E-state index in [-0.39, 0.29) is 10.6 Å². The maximum absolute atomic E-state index is 11.2. The standard InChI is InChI=1S/C7H7ClINO3S/c1-13-5-3-2-4(8)6(9)7(5)14(10,11)12/h2-3H,1H3,(H2,10,11,12). The molecular weight excluding hydrogens is 341 g/mol. The summed E-state index contributed by atoms with van der Waals surface area (Å²) in [6, 6.07) is 3.01. The minimum Gasteiger partial charge on any atom is -0.495 e. The number of hydrogen-bond acceptors (Lipinski definition) is 3. The van der Waals surface area contributed by atoms with Gasteiger partial charge in [0.25, 0.3) is 0 Å². The Hall–Kier alpha value is -0.0500. The van der Waals surface area contributed by atoms with Crippen molar-refractivity contribution in [1.29, 1.82) is 0 Å². The van der Waals surface area contributed by atoms with Crippen LogP contribution in [-0.4, -0.2) is 15.5 Å². The van der Waals surface area contributed by atoms with Gasteiger partial charge in [-0.05, 0) is 34.7 Å². The molecule has 0 atom stereocenters. The highest BCUT2D eigenvalue weighted by Crippen LogP contribution is 2.32. The second kappa shape index (κ2) is 4.21. The third kappa shape index (κ3) is 2.30. The highest BCUT2D eigenvalue weighted by atomic mass is 127. The first-order chi connectivity index (χ1) is 6.38. The largest absolute Gasteiger partial charge is 0.495 e. The average Bonchev–Trinajstić information content (AvgIpc) is 2.07. The van der Waals surface area contributed by atoms with Gasteiger partial charge in [-0.15, -0.1) is 0 Å². The number of halogens is 2. The molecule has 0 bridgehead atoms. The summed E-state index contributed by atoms with van der Waals surface area (Å²) in [4.78, 5) is -0.0758. The number of hydrogen-bond donors (Lipinski definition) is 1. The van der Waals surface area contributed by atoms with Crippen molar-refractivity contribution in [3.05, 3.63) is 20.7 Å². The van der Waals surface area contributed by atoms with Crippen LogP contribution in [0.1, 0.15) is 0 Å². The van der Waals surface area contributed by atoms with Crippen molar-refractivity contribution < 1.29 is 13.2 Å². The molecule has 0 aliphatic carbocycles. The van der Waals surface area contributed by atoms with Crippen LogP contribution in [0.3, 0.4) is 0 Å². The first kappa shape index (κ1) is 12.0. The quantitative estimate of drug-likeness (QED) is 0.826. The summed E-state index contributed by atoms with van der Waals surface area (Å²) in [5.41, 5.74) is 0. The van der Waals surface area contributed by atoms with E-state index in [1.54, 1.807) is 6.07 Å². The molecule has 0 saturated carbocycles. The topological polar surface area (TPSA) is 69.4 Å². The number of primary sulfonamides is 1. The molecule has 14 heavy (non-hydrogen) atoms. The number of nitrogens with two attached hydrogens (primary N) is 1. The summed E-state index contributed by atoms with van der Waals surface area (Å²) in [6.45, 7) is 0. The highest BCUT2D eigenvalue weighted by molar-refractivity contribution is 14.1. The molecule has 2 N–H and O–H groups in total. The Balaban J connectivity index is 3.60. The van der Waals surface area contributed by atoms with Gasteiger partial charge in [0.15, 0.2) is 0 Å². The first-order valence-corrected chi connectivity index (χ1v) is 6.43. The fourth-order valence-corrected chi connectivity index (χ4v) is 3.31. The third-order valence-corrected chi connectivity index (χ3v) is 4.61. The van der Waals surface area contributed by atoms with Gasteiger partial charge in [-0.1, -0.05) is 11.6 Å². The maximum Gasteiger partial charge on any atom is 0.242 e. The second-order valence-corrected chi connectivity index (χ2v) is 5.42. The van der Waals surface area contributed by atoms with Crippen LogP contribution >= 0.6 is 34.2 Å². The molecule has 0 amide bonds. The fourth-order valence-electron chi connectivity index (χ4n) is 0.940. The Labute approximate surface area is 101 Å². The molecule has 0 aliphatic rings. The smallest absolute Gasteiger partial charge is 0.242 e. The van der Waals surface area contributed by atoms with Crippen LogP contribution in [0.25, 0.3) is 0 Å². The number of sulfonamides is 1. The molecule has 4 nitrogen and oxygen atoms in total. The Morgan fingerprint density at radius 3 is 2.50 bits per heavy atom. The predicted octanol–water partition coefficient (Wildman–Crippen LogP) is 1.60. The molecule has 0 heterocycles. The highest BCUT2D eigenvalue weighted by Gasteiger charge is 2.20. The molecule has 7 heteroatoms. The third-order valence-electron chi connectivity index (χ3n) is 1.52. The number of methoxy groups -OCH3 is 1. The van der Waals surface area contributed by atoms with Gasteiger partial charge >= 0.3 is 0 Å². The average molecular weight is 348 g/mol. The molecule has 0 radical (unpaired) electrons. The lowest BCUT2D eigenvalue weighted by Crippen LogP contribution is -2.15.